The first-order chi connectivity index (χ1) is 13.1. The van der Waals surface area contributed by atoms with Crippen LogP contribution in [0, 0.1) is 5.92 Å². The monoisotopic (exact) mass is 405 g/mol. The standard InChI is InChI=1S/C20H27N3O4S/c1-20(2,3)18-17(14-23(21-18)16-8-6-5-7-9-16)28(25,26)22-12-10-15(11-13-22)19(24)27-4/h5-9,14-15H,10-13H2,1-4H3. The number of hydrogen-bond acceptors (Lipinski definition) is 5. The van der Waals surface area contributed by atoms with E-state index >= 15 is 0 Å². The molecule has 0 bridgehead atoms. The Morgan fingerprint density at radius 3 is 2.29 bits per heavy atom. The largest absolute Gasteiger partial charge is 0.469 e. The summed E-state index contributed by atoms with van der Waals surface area (Å²) in [6, 6.07) is 9.45. The van der Waals surface area contributed by atoms with E-state index in [9.17, 15) is 13.2 Å². The Morgan fingerprint density at radius 1 is 1.14 bits per heavy atom. The van der Waals surface area contributed by atoms with Crippen LogP contribution in [0.2, 0.25) is 0 Å². The summed E-state index contributed by atoms with van der Waals surface area (Å²) in [5.74, 6) is -0.519. The molecule has 0 spiro atoms. The fourth-order valence-corrected chi connectivity index (χ4v) is 5.21. The molecule has 1 saturated heterocycles. The van der Waals surface area contributed by atoms with Gasteiger partial charge >= 0.3 is 5.97 Å². The number of methoxy groups -OCH3 is 1. The first kappa shape index (κ1) is 20.5. The van der Waals surface area contributed by atoms with Crippen molar-refractivity contribution in [2.45, 2.75) is 43.9 Å². The van der Waals surface area contributed by atoms with Gasteiger partial charge in [0, 0.05) is 18.5 Å². The van der Waals surface area contributed by atoms with Crippen molar-refractivity contribution in [2.75, 3.05) is 20.2 Å². The fourth-order valence-electron chi connectivity index (χ4n) is 3.42. The van der Waals surface area contributed by atoms with E-state index in [4.69, 9.17) is 4.74 Å². The molecule has 7 nitrogen and oxygen atoms in total. The lowest BCUT2D eigenvalue weighted by molar-refractivity contribution is -0.146. The van der Waals surface area contributed by atoms with Gasteiger partial charge in [-0.25, -0.2) is 13.1 Å². The molecule has 0 aliphatic carbocycles. The molecule has 0 radical (unpaired) electrons. The Labute approximate surface area is 166 Å². The maximum atomic E-state index is 13.4. The van der Waals surface area contributed by atoms with Crippen molar-refractivity contribution >= 4 is 16.0 Å². The van der Waals surface area contributed by atoms with Gasteiger partial charge in [0.2, 0.25) is 10.0 Å². The van der Waals surface area contributed by atoms with Crippen molar-refractivity contribution in [1.82, 2.24) is 14.1 Å². The zero-order valence-electron chi connectivity index (χ0n) is 16.8. The van der Waals surface area contributed by atoms with Crippen LogP contribution < -0.4 is 0 Å². The van der Waals surface area contributed by atoms with Gasteiger partial charge in [0.05, 0.1) is 30.6 Å². The zero-order chi connectivity index (χ0) is 20.5. The van der Waals surface area contributed by atoms with Crippen LogP contribution >= 0.6 is 0 Å². The second-order valence-electron chi connectivity index (χ2n) is 8.07. The highest BCUT2D eigenvalue weighted by Gasteiger charge is 2.37. The van der Waals surface area contributed by atoms with Crippen molar-refractivity contribution in [3.05, 3.63) is 42.2 Å². The summed E-state index contributed by atoms with van der Waals surface area (Å²) < 4.78 is 34.7. The highest BCUT2D eigenvalue weighted by molar-refractivity contribution is 7.89. The van der Waals surface area contributed by atoms with E-state index in [1.807, 2.05) is 51.1 Å². The molecular formula is C20H27N3O4S. The van der Waals surface area contributed by atoms with Crippen LogP contribution in [0.4, 0.5) is 0 Å². The lowest BCUT2D eigenvalue weighted by atomic mass is 9.92. The number of sulfonamides is 1. The molecule has 1 aromatic carbocycles. The molecule has 1 fully saturated rings. The predicted octanol–water partition coefficient (Wildman–Crippen LogP) is 2.74. The number of para-hydroxylation sites is 1. The molecule has 2 heterocycles. The van der Waals surface area contributed by atoms with Crippen LogP contribution in [0.25, 0.3) is 5.69 Å². The number of nitrogens with zero attached hydrogens (tertiary/aromatic N) is 3. The molecular weight excluding hydrogens is 378 g/mol. The zero-order valence-corrected chi connectivity index (χ0v) is 17.6. The lowest BCUT2D eigenvalue weighted by Gasteiger charge is -2.30. The van der Waals surface area contributed by atoms with Gasteiger partial charge < -0.3 is 4.74 Å². The highest BCUT2D eigenvalue weighted by Crippen LogP contribution is 2.32. The number of carbonyl (C=O) groups excluding carboxylic acids is 1. The van der Waals surface area contributed by atoms with Crippen molar-refractivity contribution in [3.8, 4) is 5.69 Å². The quantitative estimate of drug-likeness (QED) is 0.731. The molecule has 0 atom stereocenters. The van der Waals surface area contributed by atoms with E-state index in [0.717, 1.165) is 5.69 Å². The molecule has 2 aromatic rings. The van der Waals surface area contributed by atoms with E-state index in [-0.39, 0.29) is 16.8 Å². The normalized spacial score (nSPS) is 16.9. The number of hydrogen-bond donors (Lipinski definition) is 0. The van der Waals surface area contributed by atoms with Crippen molar-refractivity contribution < 1.29 is 17.9 Å². The van der Waals surface area contributed by atoms with Gasteiger partial charge in [-0.3, -0.25) is 4.79 Å². The number of esters is 1. The van der Waals surface area contributed by atoms with Gasteiger partial charge in [-0.05, 0) is 25.0 Å². The second-order valence-corrected chi connectivity index (χ2v) is 9.98. The van der Waals surface area contributed by atoms with Gasteiger partial charge in [0.15, 0.2) is 0 Å². The van der Waals surface area contributed by atoms with Crippen molar-refractivity contribution in [3.63, 3.8) is 0 Å². The summed E-state index contributed by atoms with van der Waals surface area (Å²) >= 11 is 0. The third-order valence-electron chi connectivity index (χ3n) is 5.02. The summed E-state index contributed by atoms with van der Waals surface area (Å²) in [6.07, 6.45) is 2.52. The molecule has 28 heavy (non-hydrogen) atoms. The summed E-state index contributed by atoms with van der Waals surface area (Å²) in [4.78, 5) is 12.0. The topological polar surface area (TPSA) is 81.5 Å². The molecule has 0 saturated carbocycles. The van der Waals surface area contributed by atoms with Crippen molar-refractivity contribution in [1.29, 1.82) is 0 Å². The first-order valence-electron chi connectivity index (χ1n) is 9.38. The Kier molecular flexibility index (Phi) is 5.63. The molecule has 1 aliphatic rings. The lowest BCUT2D eigenvalue weighted by Crippen LogP contribution is -2.41. The van der Waals surface area contributed by atoms with Crippen LogP contribution in [-0.4, -0.2) is 48.7 Å². The Morgan fingerprint density at radius 2 is 1.75 bits per heavy atom. The van der Waals surface area contributed by atoms with Gasteiger partial charge in [0.25, 0.3) is 0 Å². The number of rotatable bonds is 4. The van der Waals surface area contributed by atoms with Gasteiger partial charge in [-0.15, -0.1) is 0 Å². The van der Waals surface area contributed by atoms with E-state index in [0.29, 0.717) is 31.6 Å². The Balaban J connectivity index is 1.95. The molecule has 0 unspecified atom stereocenters. The third kappa shape index (κ3) is 3.98. The van der Waals surface area contributed by atoms with Gasteiger partial charge in [0.1, 0.15) is 4.90 Å². The molecule has 1 aliphatic heterocycles. The van der Waals surface area contributed by atoms with E-state index in [1.54, 1.807) is 10.9 Å². The van der Waals surface area contributed by atoms with Crippen LogP contribution in [0.15, 0.2) is 41.4 Å². The van der Waals surface area contributed by atoms with E-state index in [1.165, 1.54) is 11.4 Å². The molecule has 0 N–H and O–H groups in total. The maximum Gasteiger partial charge on any atom is 0.308 e. The number of carbonyl (C=O) groups is 1. The minimum Gasteiger partial charge on any atom is -0.469 e. The second kappa shape index (κ2) is 7.67. The summed E-state index contributed by atoms with van der Waals surface area (Å²) in [5.41, 5.74) is 0.901. The number of aromatic nitrogens is 2. The minimum atomic E-state index is -3.72. The van der Waals surface area contributed by atoms with Crippen molar-refractivity contribution in [2.24, 2.45) is 5.92 Å². The highest BCUT2D eigenvalue weighted by atomic mass is 32.2. The van der Waals surface area contributed by atoms with Gasteiger partial charge in [-0.2, -0.15) is 9.40 Å². The van der Waals surface area contributed by atoms with Crippen LogP contribution in [-0.2, 0) is 25.0 Å². The average Bonchev–Trinajstić information content (AvgIpc) is 3.15. The van der Waals surface area contributed by atoms with Crippen LogP contribution in [0.3, 0.4) is 0 Å². The number of ether oxygens (including phenoxy) is 1. The number of piperidine rings is 1. The Hall–Kier alpha value is -2.19. The van der Waals surface area contributed by atoms with Crippen LogP contribution in [0.5, 0.6) is 0 Å². The molecule has 3 rings (SSSR count). The summed E-state index contributed by atoms with van der Waals surface area (Å²) in [7, 11) is -2.36. The Bertz CT molecular complexity index is 938. The van der Waals surface area contributed by atoms with Gasteiger partial charge in [-0.1, -0.05) is 39.0 Å². The molecule has 1 aromatic heterocycles. The molecule has 152 valence electrons. The first-order valence-corrected chi connectivity index (χ1v) is 10.8. The predicted molar refractivity (Wildman–Crippen MR) is 106 cm³/mol. The van der Waals surface area contributed by atoms with E-state index in [2.05, 4.69) is 5.10 Å². The number of benzene rings is 1. The minimum absolute atomic E-state index is 0.223. The smallest absolute Gasteiger partial charge is 0.308 e. The molecule has 8 heteroatoms. The summed E-state index contributed by atoms with van der Waals surface area (Å²) in [5, 5.41) is 4.61. The third-order valence-corrected chi connectivity index (χ3v) is 6.92. The SMILES string of the molecule is COC(=O)C1CCN(S(=O)(=O)c2cn(-c3ccccc3)nc2C(C)(C)C)CC1. The van der Waals surface area contributed by atoms with Crippen LogP contribution in [0.1, 0.15) is 39.3 Å². The molecule has 0 amide bonds. The summed E-state index contributed by atoms with van der Waals surface area (Å²) in [6.45, 7) is 6.44. The van der Waals surface area contributed by atoms with E-state index < -0.39 is 15.4 Å². The average molecular weight is 406 g/mol. The maximum absolute atomic E-state index is 13.4. The fraction of sp³-hybridized carbons (Fsp3) is 0.500.